The number of likely N-dealkylation sites (N-methyl/N-ethyl adjacent to an activating group) is 1. The number of hydrogen-bond donors (Lipinski definition) is 1. The molecule has 1 aromatic carbocycles. The van der Waals surface area contributed by atoms with Gasteiger partial charge < -0.3 is 14.9 Å². The van der Waals surface area contributed by atoms with Crippen molar-refractivity contribution in [2.45, 2.75) is 19.4 Å². The first-order chi connectivity index (χ1) is 9.97. The molecule has 0 aliphatic carbocycles. The van der Waals surface area contributed by atoms with Crippen LogP contribution in [0, 0.1) is 0 Å². The van der Waals surface area contributed by atoms with Crippen LogP contribution in [0.15, 0.2) is 28.7 Å². The van der Waals surface area contributed by atoms with Crippen LogP contribution in [-0.2, 0) is 4.79 Å². The molecule has 0 amide bonds. The highest BCUT2D eigenvalue weighted by Crippen LogP contribution is 2.30. The normalized spacial score (nSPS) is 20.7. The fourth-order valence-electron chi connectivity index (χ4n) is 2.76. The minimum atomic E-state index is -0.931. The molecule has 0 bridgehead atoms. The summed E-state index contributed by atoms with van der Waals surface area (Å²) < 4.78 is 1.01. The largest absolute Gasteiger partial charge is 0.478 e. The Labute approximate surface area is 134 Å². The molecular formula is C16H21BrN2O2. The molecule has 0 aromatic heterocycles. The Hall–Kier alpha value is -1.33. The van der Waals surface area contributed by atoms with E-state index in [0.717, 1.165) is 42.2 Å². The van der Waals surface area contributed by atoms with Crippen molar-refractivity contribution in [2.75, 3.05) is 31.6 Å². The smallest absolute Gasteiger partial charge is 0.328 e. The Balaban J connectivity index is 2.21. The molecule has 5 heteroatoms. The van der Waals surface area contributed by atoms with Gasteiger partial charge in [0.15, 0.2) is 0 Å². The van der Waals surface area contributed by atoms with E-state index in [9.17, 15) is 4.79 Å². The second-order valence-corrected chi connectivity index (χ2v) is 6.39. The molecule has 1 aliphatic heterocycles. The van der Waals surface area contributed by atoms with Crippen LogP contribution < -0.4 is 4.90 Å². The third-order valence-corrected chi connectivity index (χ3v) is 4.38. The molecule has 1 saturated heterocycles. The molecule has 0 radical (unpaired) electrons. The van der Waals surface area contributed by atoms with Gasteiger partial charge in [0.2, 0.25) is 0 Å². The molecule has 1 heterocycles. The molecule has 1 aromatic rings. The summed E-state index contributed by atoms with van der Waals surface area (Å²) in [5.74, 6) is -0.931. The molecule has 1 atom stereocenters. The summed E-state index contributed by atoms with van der Waals surface area (Å²) >= 11 is 3.62. The van der Waals surface area contributed by atoms with Crippen molar-refractivity contribution in [1.29, 1.82) is 0 Å². The average molecular weight is 353 g/mol. The van der Waals surface area contributed by atoms with Crippen molar-refractivity contribution in [3.05, 3.63) is 34.3 Å². The van der Waals surface area contributed by atoms with Crippen LogP contribution in [-0.4, -0.2) is 48.7 Å². The van der Waals surface area contributed by atoms with Gasteiger partial charge in [-0.05, 0) is 66.6 Å². The number of nitrogens with zero attached hydrogens (tertiary/aromatic N) is 2. The quantitative estimate of drug-likeness (QED) is 0.849. The number of benzene rings is 1. The minimum Gasteiger partial charge on any atom is -0.478 e. The Morgan fingerprint density at radius 2 is 2.19 bits per heavy atom. The number of halogens is 1. The molecule has 1 aliphatic rings. The van der Waals surface area contributed by atoms with Crippen molar-refractivity contribution in [2.24, 2.45) is 0 Å². The van der Waals surface area contributed by atoms with Crippen LogP contribution in [0.3, 0.4) is 0 Å². The standard InChI is InChI=1S/C16H21BrN2O2/c1-12-11-18(2)8-3-9-19(12)15-6-4-13(10-14(15)17)5-7-16(20)21/h4-7,10,12H,3,8-9,11H2,1-2H3,(H,20,21)/b7-5+. The summed E-state index contributed by atoms with van der Waals surface area (Å²) in [5, 5.41) is 8.68. The zero-order valence-electron chi connectivity index (χ0n) is 12.4. The second-order valence-electron chi connectivity index (χ2n) is 5.54. The van der Waals surface area contributed by atoms with E-state index in [1.165, 1.54) is 5.69 Å². The molecule has 0 spiro atoms. The summed E-state index contributed by atoms with van der Waals surface area (Å²) in [6, 6.07) is 6.44. The van der Waals surface area contributed by atoms with E-state index < -0.39 is 5.97 Å². The predicted molar refractivity (Wildman–Crippen MR) is 89.7 cm³/mol. The van der Waals surface area contributed by atoms with Gasteiger partial charge in [-0.15, -0.1) is 0 Å². The van der Waals surface area contributed by atoms with Gasteiger partial charge in [-0.2, -0.15) is 0 Å². The van der Waals surface area contributed by atoms with Crippen molar-refractivity contribution >= 4 is 33.7 Å². The van der Waals surface area contributed by atoms with E-state index in [1.54, 1.807) is 6.08 Å². The summed E-state index contributed by atoms with van der Waals surface area (Å²) in [6.07, 6.45) is 3.91. The van der Waals surface area contributed by atoms with Gasteiger partial charge in [0, 0.05) is 29.7 Å². The summed E-state index contributed by atoms with van der Waals surface area (Å²) in [7, 11) is 2.16. The lowest BCUT2D eigenvalue weighted by Crippen LogP contribution is -2.38. The van der Waals surface area contributed by atoms with E-state index in [0.29, 0.717) is 6.04 Å². The Morgan fingerprint density at radius 1 is 1.43 bits per heavy atom. The Morgan fingerprint density at radius 3 is 2.86 bits per heavy atom. The maximum atomic E-state index is 10.6. The number of aliphatic carboxylic acids is 1. The minimum absolute atomic E-state index is 0.453. The summed E-state index contributed by atoms with van der Waals surface area (Å²) in [5.41, 5.74) is 2.05. The predicted octanol–water partition coefficient (Wildman–Crippen LogP) is 3.08. The maximum Gasteiger partial charge on any atom is 0.328 e. The van der Waals surface area contributed by atoms with E-state index in [-0.39, 0.29) is 0 Å². The van der Waals surface area contributed by atoms with Crippen LogP contribution >= 0.6 is 15.9 Å². The molecule has 1 fully saturated rings. The van der Waals surface area contributed by atoms with Gasteiger partial charge in [0.1, 0.15) is 0 Å². The SMILES string of the molecule is CC1CN(C)CCCN1c1ccc(/C=C/C(=O)O)cc1Br. The molecule has 4 nitrogen and oxygen atoms in total. The van der Waals surface area contributed by atoms with Crippen LogP contribution in [0.5, 0.6) is 0 Å². The molecule has 114 valence electrons. The Kier molecular flexibility index (Phi) is 5.42. The lowest BCUT2D eigenvalue weighted by atomic mass is 10.1. The maximum absolute atomic E-state index is 10.6. The number of carboxylic acids is 1. The highest BCUT2D eigenvalue weighted by atomic mass is 79.9. The van der Waals surface area contributed by atoms with E-state index >= 15 is 0 Å². The van der Waals surface area contributed by atoms with Crippen molar-refractivity contribution < 1.29 is 9.90 Å². The van der Waals surface area contributed by atoms with Gasteiger partial charge >= 0.3 is 5.97 Å². The third-order valence-electron chi connectivity index (χ3n) is 3.75. The average Bonchev–Trinajstić information content (AvgIpc) is 2.57. The van der Waals surface area contributed by atoms with Crippen LogP contribution in [0.25, 0.3) is 6.08 Å². The van der Waals surface area contributed by atoms with Crippen molar-refractivity contribution in [3.63, 3.8) is 0 Å². The number of carboxylic acid groups (broad SMARTS) is 1. The van der Waals surface area contributed by atoms with Crippen LogP contribution in [0.2, 0.25) is 0 Å². The van der Waals surface area contributed by atoms with Crippen molar-refractivity contribution in [1.82, 2.24) is 4.90 Å². The lowest BCUT2D eigenvalue weighted by Gasteiger charge is -2.31. The van der Waals surface area contributed by atoms with Gasteiger partial charge in [-0.3, -0.25) is 0 Å². The number of hydrogen-bond acceptors (Lipinski definition) is 3. The van der Waals surface area contributed by atoms with Crippen molar-refractivity contribution in [3.8, 4) is 0 Å². The van der Waals surface area contributed by atoms with Crippen LogP contribution in [0.4, 0.5) is 5.69 Å². The summed E-state index contributed by atoms with van der Waals surface area (Å²) in [6.45, 7) is 5.45. The van der Waals surface area contributed by atoms with E-state index in [2.05, 4.69) is 45.8 Å². The fraction of sp³-hybridized carbons (Fsp3) is 0.438. The third kappa shape index (κ3) is 4.32. The van der Waals surface area contributed by atoms with Gasteiger partial charge in [-0.25, -0.2) is 4.79 Å². The second kappa shape index (κ2) is 7.09. The highest BCUT2D eigenvalue weighted by Gasteiger charge is 2.21. The number of anilines is 1. The first-order valence-electron chi connectivity index (χ1n) is 7.13. The summed E-state index contributed by atoms with van der Waals surface area (Å²) in [4.78, 5) is 15.4. The molecular weight excluding hydrogens is 332 g/mol. The lowest BCUT2D eigenvalue weighted by molar-refractivity contribution is -0.131. The fourth-order valence-corrected chi connectivity index (χ4v) is 3.38. The zero-order chi connectivity index (χ0) is 15.4. The van der Waals surface area contributed by atoms with Crippen LogP contribution in [0.1, 0.15) is 18.9 Å². The first kappa shape index (κ1) is 16.0. The number of carbonyl (C=O) groups is 1. The topological polar surface area (TPSA) is 43.8 Å². The van der Waals surface area contributed by atoms with Gasteiger partial charge in [0.05, 0.1) is 5.69 Å². The van der Waals surface area contributed by atoms with E-state index in [4.69, 9.17) is 5.11 Å². The number of rotatable bonds is 3. The van der Waals surface area contributed by atoms with Gasteiger partial charge in [0.25, 0.3) is 0 Å². The molecule has 1 unspecified atom stereocenters. The molecule has 2 rings (SSSR count). The van der Waals surface area contributed by atoms with E-state index in [1.807, 2.05) is 12.1 Å². The highest BCUT2D eigenvalue weighted by molar-refractivity contribution is 9.10. The Bertz CT molecular complexity index is 545. The van der Waals surface area contributed by atoms with Gasteiger partial charge in [-0.1, -0.05) is 6.07 Å². The first-order valence-corrected chi connectivity index (χ1v) is 7.92. The molecule has 21 heavy (non-hydrogen) atoms. The monoisotopic (exact) mass is 352 g/mol. The molecule has 1 N–H and O–H groups in total. The zero-order valence-corrected chi connectivity index (χ0v) is 14.0. The molecule has 0 saturated carbocycles.